The molecular formula is C40H53ClN4O4. The standard InChI is InChI=1S/C23H24N2O3.C15H22N2O.C2H6.ClH/c1-3-24(4-2)22(28)23(16-10-6-5-7-11-16)14-17(23)15-25-20(26)18-12-8-9-13-19(18)21(25)27;1-3-17(4-2)14(18)15(10-13(15)11-16)12-8-6-5-7-9-12;1-2;/h5-13,17H,3-4,14-15H2,1-2H3;5-9,13H,3-4,10-11,16H2,1-2H3;1-2H3;1H. The molecule has 49 heavy (non-hydrogen) atoms. The van der Waals surface area contributed by atoms with Crippen molar-refractivity contribution in [1.82, 2.24) is 14.7 Å². The van der Waals surface area contributed by atoms with Crippen LogP contribution in [0.2, 0.25) is 0 Å². The van der Waals surface area contributed by atoms with Crippen molar-refractivity contribution in [3.63, 3.8) is 0 Å². The van der Waals surface area contributed by atoms with Crippen LogP contribution in [0.15, 0.2) is 84.9 Å². The molecule has 264 valence electrons. The Kier molecular flexibility index (Phi) is 13.7. The Morgan fingerprint density at radius 1 is 0.653 bits per heavy atom. The Labute approximate surface area is 298 Å². The van der Waals surface area contributed by atoms with E-state index in [2.05, 4.69) is 12.1 Å². The SMILES string of the molecule is CC.CCN(CC)C(=O)C1(c2ccccc2)CC1CN.CCN(CC)C(=O)C1(c2ccccc2)CC1CN1C(=O)c2ccccc2C1=O.Cl. The first-order chi connectivity index (χ1) is 23.2. The first kappa shape index (κ1) is 39.4. The molecule has 3 aromatic rings. The largest absolute Gasteiger partial charge is 0.342 e. The molecule has 1 heterocycles. The van der Waals surface area contributed by atoms with Gasteiger partial charge in [0.05, 0.1) is 22.0 Å². The predicted molar refractivity (Wildman–Crippen MR) is 198 cm³/mol. The third kappa shape index (κ3) is 7.31. The average Bonchev–Trinajstić information content (AvgIpc) is 4.05. The third-order valence-corrected chi connectivity index (χ3v) is 10.2. The zero-order chi connectivity index (χ0) is 35.1. The van der Waals surface area contributed by atoms with E-state index in [4.69, 9.17) is 5.73 Å². The van der Waals surface area contributed by atoms with Gasteiger partial charge in [-0.25, -0.2) is 0 Å². The van der Waals surface area contributed by atoms with Gasteiger partial charge in [-0.05, 0) is 82.2 Å². The molecule has 0 saturated heterocycles. The lowest BCUT2D eigenvalue weighted by Gasteiger charge is -2.27. The van der Waals surface area contributed by atoms with Gasteiger partial charge in [0.15, 0.2) is 0 Å². The average molecular weight is 689 g/mol. The number of likely N-dealkylation sites (N-methyl/N-ethyl adjacent to an activating group) is 2. The van der Waals surface area contributed by atoms with Crippen LogP contribution >= 0.6 is 12.4 Å². The fourth-order valence-electron chi connectivity index (χ4n) is 7.32. The summed E-state index contributed by atoms with van der Waals surface area (Å²) in [4.78, 5) is 56.7. The number of hydrogen-bond acceptors (Lipinski definition) is 5. The van der Waals surface area contributed by atoms with Crippen LogP contribution in [0, 0.1) is 11.8 Å². The van der Waals surface area contributed by atoms with Crippen LogP contribution in [-0.4, -0.2) is 77.6 Å². The molecule has 2 aliphatic carbocycles. The summed E-state index contributed by atoms with van der Waals surface area (Å²) in [6.07, 6.45) is 1.54. The molecule has 4 atom stereocenters. The molecular weight excluding hydrogens is 636 g/mol. The van der Waals surface area contributed by atoms with E-state index < -0.39 is 5.41 Å². The van der Waals surface area contributed by atoms with Gasteiger partial charge < -0.3 is 15.5 Å². The molecule has 2 N–H and O–H groups in total. The van der Waals surface area contributed by atoms with Gasteiger partial charge in [-0.3, -0.25) is 24.1 Å². The molecule has 0 aromatic heterocycles. The Bertz CT molecular complexity index is 1540. The van der Waals surface area contributed by atoms with Crippen molar-refractivity contribution >= 4 is 36.0 Å². The summed E-state index contributed by atoms with van der Waals surface area (Å²) in [5.74, 6) is 0.0483. The number of hydrogen-bond donors (Lipinski definition) is 1. The summed E-state index contributed by atoms with van der Waals surface area (Å²) in [7, 11) is 0. The van der Waals surface area contributed by atoms with E-state index in [1.54, 1.807) is 24.3 Å². The maximum absolute atomic E-state index is 13.4. The number of nitrogens with two attached hydrogens (primary N) is 1. The minimum absolute atomic E-state index is 0. The van der Waals surface area contributed by atoms with Crippen LogP contribution < -0.4 is 5.73 Å². The minimum atomic E-state index is -0.650. The number of nitrogens with zero attached hydrogens (tertiary/aromatic N) is 3. The molecule has 0 bridgehead atoms. The smallest absolute Gasteiger partial charge is 0.261 e. The lowest BCUT2D eigenvalue weighted by Crippen LogP contribution is -2.42. The van der Waals surface area contributed by atoms with Crippen molar-refractivity contribution in [3.05, 3.63) is 107 Å². The van der Waals surface area contributed by atoms with Gasteiger partial charge in [0.2, 0.25) is 11.8 Å². The Hall–Kier alpha value is -4.01. The highest BCUT2D eigenvalue weighted by Crippen LogP contribution is 2.56. The van der Waals surface area contributed by atoms with Gasteiger partial charge in [0, 0.05) is 32.7 Å². The van der Waals surface area contributed by atoms with Gasteiger partial charge in [0.25, 0.3) is 11.8 Å². The number of amides is 4. The predicted octanol–water partition coefficient (Wildman–Crippen LogP) is 6.33. The molecule has 3 aromatic carbocycles. The van der Waals surface area contributed by atoms with E-state index in [0.717, 1.165) is 30.6 Å². The molecule has 0 radical (unpaired) electrons. The second kappa shape index (κ2) is 17.1. The zero-order valence-corrected chi connectivity index (χ0v) is 30.7. The van der Waals surface area contributed by atoms with E-state index in [0.29, 0.717) is 43.1 Å². The molecule has 4 amide bonds. The molecule has 9 heteroatoms. The fourth-order valence-corrected chi connectivity index (χ4v) is 7.32. The van der Waals surface area contributed by atoms with Crippen LogP contribution in [0.4, 0.5) is 0 Å². The quantitative estimate of drug-likeness (QED) is 0.237. The highest BCUT2D eigenvalue weighted by atomic mass is 35.5. The molecule has 0 spiro atoms. The normalized spacial score (nSPS) is 22.7. The van der Waals surface area contributed by atoms with Crippen LogP contribution in [0.3, 0.4) is 0 Å². The molecule has 2 fully saturated rings. The van der Waals surface area contributed by atoms with Gasteiger partial charge in [-0.2, -0.15) is 0 Å². The first-order valence-corrected chi connectivity index (χ1v) is 17.6. The summed E-state index contributed by atoms with van der Waals surface area (Å²) in [6, 6.07) is 26.7. The Morgan fingerprint density at radius 3 is 1.35 bits per heavy atom. The van der Waals surface area contributed by atoms with E-state index in [1.807, 2.05) is 99.9 Å². The molecule has 8 nitrogen and oxygen atoms in total. The van der Waals surface area contributed by atoms with Crippen molar-refractivity contribution in [2.75, 3.05) is 39.3 Å². The van der Waals surface area contributed by atoms with Crippen LogP contribution in [-0.2, 0) is 20.4 Å². The second-order valence-corrected chi connectivity index (χ2v) is 12.4. The molecule has 2 saturated carbocycles. The topological polar surface area (TPSA) is 104 Å². The number of carbonyl (C=O) groups is 4. The number of fused-ring (bicyclic) bond motifs is 1. The number of imide groups is 1. The molecule has 6 rings (SSSR count). The van der Waals surface area contributed by atoms with E-state index in [9.17, 15) is 19.2 Å². The van der Waals surface area contributed by atoms with E-state index in [1.165, 1.54) is 4.90 Å². The molecule has 1 aliphatic heterocycles. The number of rotatable bonds is 11. The van der Waals surface area contributed by atoms with Gasteiger partial charge >= 0.3 is 0 Å². The van der Waals surface area contributed by atoms with Crippen molar-refractivity contribution in [2.45, 2.75) is 65.2 Å². The lowest BCUT2D eigenvalue weighted by atomic mass is 9.91. The van der Waals surface area contributed by atoms with Crippen molar-refractivity contribution in [3.8, 4) is 0 Å². The van der Waals surface area contributed by atoms with Gasteiger partial charge in [0.1, 0.15) is 0 Å². The van der Waals surface area contributed by atoms with E-state index in [-0.39, 0.29) is 53.9 Å². The summed E-state index contributed by atoms with van der Waals surface area (Å²) < 4.78 is 0. The maximum atomic E-state index is 13.4. The number of carbonyl (C=O) groups excluding carboxylic acids is 4. The Morgan fingerprint density at radius 2 is 1.00 bits per heavy atom. The first-order valence-electron chi connectivity index (χ1n) is 17.6. The number of benzene rings is 3. The monoisotopic (exact) mass is 688 g/mol. The van der Waals surface area contributed by atoms with Crippen molar-refractivity contribution in [2.24, 2.45) is 17.6 Å². The van der Waals surface area contributed by atoms with Crippen LogP contribution in [0.25, 0.3) is 0 Å². The Balaban J connectivity index is 0.000000269. The van der Waals surface area contributed by atoms with E-state index >= 15 is 0 Å². The molecule has 3 aliphatic rings. The summed E-state index contributed by atoms with van der Waals surface area (Å²) in [5, 5.41) is 0. The van der Waals surface area contributed by atoms with Crippen molar-refractivity contribution in [1.29, 1.82) is 0 Å². The third-order valence-electron chi connectivity index (χ3n) is 10.2. The number of halogens is 1. The van der Waals surface area contributed by atoms with Crippen molar-refractivity contribution < 1.29 is 19.2 Å². The summed E-state index contributed by atoms with van der Waals surface area (Å²) in [5.41, 5.74) is 7.79. The molecule has 4 unspecified atom stereocenters. The van der Waals surface area contributed by atoms with Gasteiger partial charge in [-0.15, -0.1) is 12.4 Å². The maximum Gasteiger partial charge on any atom is 0.261 e. The summed E-state index contributed by atoms with van der Waals surface area (Å²) in [6.45, 7) is 15.7. The van der Waals surface area contributed by atoms with Gasteiger partial charge in [-0.1, -0.05) is 86.6 Å². The van der Waals surface area contributed by atoms with Crippen LogP contribution in [0.5, 0.6) is 0 Å². The van der Waals surface area contributed by atoms with Crippen LogP contribution in [0.1, 0.15) is 86.2 Å². The highest BCUT2D eigenvalue weighted by Gasteiger charge is 2.63. The fraction of sp³-hybridized carbons (Fsp3) is 0.450. The summed E-state index contributed by atoms with van der Waals surface area (Å²) >= 11 is 0. The second-order valence-electron chi connectivity index (χ2n) is 12.4. The highest BCUT2D eigenvalue weighted by molar-refractivity contribution is 6.21. The lowest BCUT2D eigenvalue weighted by molar-refractivity contribution is -0.134. The zero-order valence-electron chi connectivity index (χ0n) is 29.9. The minimum Gasteiger partial charge on any atom is -0.342 e.